The van der Waals surface area contributed by atoms with Crippen LogP contribution < -0.4 is 11.0 Å². The molecule has 6 nitrogen and oxygen atoms in total. The Balaban J connectivity index is 1.47. The van der Waals surface area contributed by atoms with Gasteiger partial charge in [0.05, 0.1) is 23.5 Å². The van der Waals surface area contributed by atoms with Crippen molar-refractivity contribution in [2.75, 3.05) is 5.32 Å². The molecule has 2 aromatic heterocycles. The lowest BCUT2D eigenvalue weighted by Crippen LogP contribution is -2.20. The minimum Gasteiger partial charge on any atom is -0.346 e. The van der Waals surface area contributed by atoms with Crippen molar-refractivity contribution in [2.24, 2.45) is 14.1 Å². The van der Waals surface area contributed by atoms with Crippen molar-refractivity contribution in [2.45, 2.75) is 12.5 Å². The van der Waals surface area contributed by atoms with Crippen LogP contribution in [0.1, 0.15) is 18.0 Å². The highest BCUT2D eigenvalue weighted by Gasteiger charge is 2.20. The lowest BCUT2D eigenvalue weighted by molar-refractivity contribution is -0.116. The zero-order valence-electron chi connectivity index (χ0n) is 18.0. The van der Waals surface area contributed by atoms with E-state index in [-0.39, 0.29) is 24.1 Å². The molecule has 0 aliphatic carbocycles. The van der Waals surface area contributed by atoms with Crippen molar-refractivity contribution in [3.63, 3.8) is 0 Å². The van der Waals surface area contributed by atoms with Gasteiger partial charge in [0.25, 0.3) is 0 Å². The Morgan fingerprint density at radius 3 is 2.41 bits per heavy atom. The van der Waals surface area contributed by atoms with Gasteiger partial charge in [0.2, 0.25) is 5.91 Å². The first kappa shape index (κ1) is 19.9. The van der Waals surface area contributed by atoms with Gasteiger partial charge in [-0.3, -0.25) is 13.9 Å². The van der Waals surface area contributed by atoms with E-state index in [2.05, 4.69) is 34.1 Å². The van der Waals surface area contributed by atoms with Gasteiger partial charge in [-0.1, -0.05) is 42.5 Å². The van der Waals surface area contributed by atoms with Crippen LogP contribution in [0, 0.1) is 0 Å². The number of aromatic nitrogens is 3. The predicted molar refractivity (Wildman–Crippen MR) is 128 cm³/mol. The van der Waals surface area contributed by atoms with E-state index >= 15 is 0 Å². The van der Waals surface area contributed by atoms with Crippen molar-refractivity contribution in [3.8, 4) is 0 Å². The van der Waals surface area contributed by atoms with Crippen LogP contribution in [0.4, 0.5) is 5.69 Å². The van der Waals surface area contributed by atoms with Gasteiger partial charge in [-0.25, -0.2) is 4.79 Å². The average molecular weight is 425 g/mol. The molecule has 1 atom stereocenters. The minimum absolute atomic E-state index is 0.0862. The lowest BCUT2D eigenvalue weighted by Gasteiger charge is -2.21. The van der Waals surface area contributed by atoms with Crippen LogP contribution in [-0.4, -0.2) is 19.6 Å². The fraction of sp³-hybridized carbons (Fsp3) is 0.154. The molecule has 2 heterocycles. The molecule has 0 unspecified atom stereocenters. The molecule has 1 N–H and O–H groups in total. The molecule has 0 fully saturated rings. The highest BCUT2D eigenvalue weighted by molar-refractivity contribution is 5.94. The number of rotatable bonds is 5. The Hall–Kier alpha value is -4.06. The molecule has 6 heteroatoms. The maximum absolute atomic E-state index is 13.1. The van der Waals surface area contributed by atoms with Gasteiger partial charge < -0.3 is 9.88 Å². The number of carbonyl (C=O) groups excluding carboxylic acids is 1. The second-order valence-electron chi connectivity index (χ2n) is 8.07. The van der Waals surface area contributed by atoms with Gasteiger partial charge in [0.1, 0.15) is 0 Å². The highest BCUT2D eigenvalue weighted by Crippen LogP contribution is 2.30. The number of hydrogen-bond acceptors (Lipinski definition) is 2. The maximum Gasteiger partial charge on any atom is 0.328 e. The fourth-order valence-corrected chi connectivity index (χ4v) is 4.44. The van der Waals surface area contributed by atoms with E-state index in [0.29, 0.717) is 5.69 Å². The number of nitrogens with one attached hydrogen (secondary N) is 1. The first-order chi connectivity index (χ1) is 15.5. The number of amides is 1. The van der Waals surface area contributed by atoms with Crippen molar-refractivity contribution in [1.82, 2.24) is 13.7 Å². The topological polar surface area (TPSA) is 61.0 Å². The highest BCUT2D eigenvalue weighted by atomic mass is 16.2. The zero-order valence-corrected chi connectivity index (χ0v) is 18.0. The summed E-state index contributed by atoms with van der Waals surface area (Å²) in [6, 6.07) is 23.8. The first-order valence-electron chi connectivity index (χ1n) is 10.6. The third-order valence-corrected chi connectivity index (χ3v) is 6.10. The molecular formula is C26H24N4O2. The van der Waals surface area contributed by atoms with Gasteiger partial charge in [0.15, 0.2) is 0 Å². The van der Waals surface area contributed by atoms with Crippen LogP contribution in [0.5, 0.6) is 0 Å². The van der Waals surface area contributed by atoms with E-state index < -0.39 is 0 Å². The largest absolute Gasteiger partial charge is 0.346 e. The second-order valence-corrected chi connectivity index (χ2v) is 8.07. The predicted octanol–water partition coefficient (Wildman–Crippen LogP) is 4.45. The van der Waals surface area contributed by atoms with E-state index in [0.717, 1.165) is 27.4 Å². The minimum atomic E-state index is -0.138. The standard InChI is InChI=1S/C26H24N4O2/c1-28-22-13-12-19(16-24(22)29(2)26(28)32)27-25(31)17-23(30-14-5-6-15-30)21-11-7-9-18-8-3-4-10-20(18)21/h3-16,23H,17H2,1-2H3,(H,27,31)/t23-/m1/s1. The average Bonchev–Trinajstić information content (AvgIpc) is 3.41. The molecular weight excluding hydrogens is 400 g/mol. The molecule has 5 aromatic rings. The number of aryl methyl sites for hydroxylation is 2. The smallest absolute Gasteiger partial charge is 0.328 e. The van der Waals surface area contributed by atoms with Crippen LogP contribution in [0.3, 0.4) is 0 Å². The van der Waals surface area contributed by atoms with Crippen molar-refractivity contribution in [3.05, 3.63) is 101 Å². The van der Waals surface area contributed by atoms with Crippen molar-refractivity contribution >= 4 is 33.4 Å². The van der Waals surface area contributed by atoms with Crippen LogP contribution in [0.2, 0.25) is 0 Å². The van der Waals surface area contributed by atoms with Gasteiger partial charge in [-0.15, -0.1) is 0 Å². The van der Waals surface area contributed by atoms with E-state index in [4.69, 9.17) is 0 Å². The molecule has 0 aliphatic rings. The third-order valence-electron chi connectivity index (χ3n) is 6.10. The van der Waals surface area contributed by atoms with Crippen LogP contribution >= 0.6 is 0 Å². The Morgan fingerprint density at radius 1 is 0.875 bits per heavy atom. The van der Waals surface area contributed by atoms with E-state index in [9.17, 15) is 9.59 Å². The summed E-state index contributed by atoms with van der Waals surface area (Å²) >= 11 is 0. The number of hydrogen-bond donors (Lipinski definition) is 1. The maximum atomic E-state index is 13.1. The number of imidazole rings is 1. The molecule has 0 saturated carbocycles. The molecule has 0 spiro atoms. The number of anilines is 1. The molecule has 0 saturated heterocycles. The van der Waals surface area contributed by atoms with E-state index in [1.54, 1.807) is 23.2 Å². The van der Waals surface area contributed by atoms with Crippen LogP contribution in [0.15, 0.2) is 90.0 Å². The summed E-state index contributed by atoms with van der Waals surface area (Å²) in [7, 11) is 3.48. The van der Waals surface area contributed by atoms with E-state index in [1.165, 1.54) is 0 Å². The van der Waals surface area contributed by atoms with Crippen LogP contribution in [0.25, 0.3) is 21.8 Å². The summed E-state index contributed by atoms with van der Waals surface area (Å²) in [5, 5.41) is 5.32. The summed E-state index contributed by atoms with van der Waals surface area (Å²) < 4.78 is 5.26. The molecule has 32 heavy (non-hydrogen) atoms. The van der Waals surface area contributed by atoms with Gasteiger partial charge >= 0.3 is 5.69 Å². The SMILES string of the molecule is Cn1c(=O)n(C)c2cc(NC(=O)C[C@H](c3cccc4ccccc34)n3cccc3)ccc21. The van der Waals surface area contributed by atoms with E-state index in [1.807, 2.05) is 60.9 Å². The van der Waals surface area contributed by atoms with Gasteiger partial charge in [-0.2, -0.15) is 0 Å². The Labute approximate surface area is 185 Å². The summed E-state index contributed by atoms with van der Waals surface area (Å²) in [6.45, 7) is 0. The molecule has 3 aromatic carbocycles. The second kappa shape index (κ2) is 7.89. The number of fused-ring (bicyclic) bond motifs is 2. The molecule has 0 aliphatic heterocycles. The van der Waals surface area contributed by atoms with Crippen molar-refractivity contribution in [1.29, 1.82) is 0 Å². The molecule has 1 amide bonds. The summed E-state index contributed by atoms with van der Waals surface area (Å²) in [4.78, 5) is 25.3. The first-order valence-corrected chi connectivity index (χ1v) is 10.6. The lowest BCUT2D eigenvalue weighted by atomic mass is 9.96. The normalized spacial score (nSPS) is 12.3. The Bertz CT molecular complexity index is 1490. The quantitative estimate of drug-likeness (QED) is 0.453. The number of benzene rings is 3. The molecule has 5 rings (SSSR count). The van der Waals surface area contributed by atoms with Gasteiger partial charge in [-0.05, 0) is 46.7 Å². The molecule has 160 valence electrons. The summed E-state index contributed by atoms with van der Waals surface area (Å²) in [5.74, 6) is -0.0862. The summed E-state index contributed by atoms with van der Waals surface area (Å²) in [6.07, 6.45) is 4.27. The number of carbonyl (C=O) groups is 1. The van der Waals surface area contributed by atoms with Gasteiger partial charge in [0, 0.05) is 32.2 Å². The van der Waals surface area contributed by atoms with Crippen LogP contribution in [-0.2, 0) is 18.9 Å². The Morgan fingerprint density at radius 2 is 1.59 bits per heavy atom. The molecule has 0 radical (unpaired) electrons. The van der Waals surface area contributed by atoms with Crippen molar-refractivity contribution < 1.29 is 4.79 Å². The zero-order chi connectivity index (χ0) is 22.2. The monoisotopic (exact) mass is 424 g/mol. The molecule has 0 bridgehead atoms. The Kier molecular flexibility index (Phi) is 4.90. The number of nitrogens with zero attached hydrogens (tertiary/aromatic N) is 3. The fourth-order valence-electron chi connectivity index (χ4n) is 4.44. The third kappa shape index (κ3) is 3.39. The summed E-state index contributed by atoms with van der Waals surface area (Å²) in [5.41, 5.74) is 3.30.